The van der Waals surface area contributed by atoms with Crippen LogP contribution in [-0.4, -0.2) is 38.0 Å². The number of anilines is 2. The molecule has 17 heavy (non-hydrogen) atoms. The maximum atomic E-state index is 11.6. The molecule has 2 N–H and O–H groups in total. The first kappa shape index (κ1) is 13.5. The third-order valence-corrected chi connectivity index (χ3v) is 2.34. The molecule has 0 aromatic heterocycles. The molecule has 0 fully saturated rings. The Labute approximate surface area is 103 Å². The number of nitrogens with one attached hydrogen (secondary N) is 2. The summed E-state index contributed by atoms with van der Waals surface area (Å²) in [5, 5.41) is 6.14. The van der Waals surface area contributed by atoms with Gasteiger partial charge >= 0.3 is 0 Å². The minimum Gasteiger partial charge on any atom is -0.385 e. The zero-order chi connectivity index (χ0) is 12.8. The molecule has 0 aliphatic heterocycles. The van der Waals surface area contributed by atoms with E-state index in [1.165, 1.54) is 0 Å². The maximum absolute atomic E-state index is 11.6. The monoisotopic (exact) mass is 235 g/mol. The van der Waals surface area contributed by atoms with Crippen LogP contribution in [0, 0.1) is 6.92 Å². The number of carbonyl (C=O) groups is 1. The van der Waals surface area contributed by atoms with Crippen molar-refractivity contribution in [3.63, 3.8) is 0 Å². The van der Waals surface area contributed by atoms with E-state index in [1.807, 2.05) is 44.1 Å². The Morgan fingerprint density at radius 2 is 2.06 bits per heavy atom. The third kappa shape index (κ3) is 4.44. The van der Waals surface area contributed by atoms with Gasteiger partial charge in [0.1, 0.15) is 0 Å². The molecule has 94 valence electrons. The fourth-order valence-corrected chi connectivity index (χ4v) is 1.62. The molecule has 1 aromatic rings. The highest BCUT2D eigenvalue weighted by atomic mass is 16.2. The van der Waals surface area contributed by atoms with E-state index in [0.717, 1.165) is 23.5 Å². The molecule has 0 saturated carbocycles. The summed E-state index contributed by atoms with van der Waals surface area (Å²) in [7, 11) is 3.75. The maximum Gasteiger partial charge on any atom is 0.238 e. The predicted molar refractivity (Wildman–Crippen MR) is 72.5 cm³/mol. The van der Waals surface area contributed by atoms with E-state index in [1.54, 1.807) is 0 Å². The van der Waals surface area contributed by atoms with E-state index in [2.05, 4.69) is 17.6 Å². The Kier molecular flexibility index (Phi) is 4.97. The van der Waals surface area contributed by atoms with E-state index in [0.29, 0.717) is 6.54 Å². The lowest BCUT2D eigenvalue weighted by atomic mass is 10.1. The number of nitrogens with zero attached hydrogens (tertiary/aromatic N) is 1. The molecule has 4 nitrogen and oxygen atoms in total. The van der Waals surface area contributed by atoms with Crippen molar-refractivity contribution in [3.8, 4) is 0 Å². The average molecular weight is 235 g/mol. The van der Waals surface area contributed by atoms with E-state index in [9.17, 15) is 4.79 Å². The molecule has 1 amide bonds. The van der Waals surface area contributed by atoms with Crippen molar-refractivity contribution in [1.29, 1.82) is 0 Å². The second kappa shape index (κ2) is 6.25. The van der Waals surface area contributed by atoms with E-state index in [4.69, 9.17) is 0 Å². The molecule has 1 rings (SSSR count). The minimum absolute atomic E-state index is 0.00519. The summed E-state index contributed by atoms with van der Waals surface area (Å²) in [5.41, 5.74) is 3.09. The Hall–Kier alpha value is -1.55. The SMILES string of the molecule is CCNc1ccc(NC(=O)CN(C)C)cc1C. The Bertz CT molecular complexity index is 388. The molecule has 0 atom stereocenters. The number of benzene rings is 1. The van der Waals surface area contributed by atoms with Crippen molar-refractivity contribution in [1.82, 2.24) is 4.90 Å². The number of likely N-dealkylation sites (N-methyl/N-ethyl adjacent to an activating group) is 1. The number of aryl methyl sites for hydroxylation is 1. The summed E-state index contributed by atoms with van der Waals surface area (Å²) in [6.45, 7) is 5.38. The van der Waals surface area contributed by atoms with Crippen molar-refractivity contribution >= 4 is 17.3 Å². The highest BCUT2D eigenvalue weighted by Crippen LogP contribution is 2.19. The fraction of sp³-hybridized carbons (Fsp3) is 0.462. The molecule has 0 aliphatic carbocycles. The smallest absolute Gasteiger partial charge is 0.238 e. The number of rotatable bonds is 5. The van der Waals surface area contributed by atoms with E-state index in [-0.39, 0.29) is 5.91 Å². The Balaban J connectivity index is 2.67. The number of carbonyl (C=O) groups excluding carboxylic acids is 1. The largest absolute Gasteiger partial charge is 0.385 e. The molecule has 0 heterocycles. The van der Waals surface area contributed by atoms with Gasteiger partial charge in [0.25, 0.3) is 0 Å². The summed E-state index contributed by atoms with van der Waals surface area (Å²) >= 11 is 0. The van der Waals surface area contributed by atoms with Gasteiger partial charge in [0, 0.05) is 17.9 Å². The number of hydrogen-bond donors (Lipinski definition) is 2. The third-order valence-electron chi connectivity index (χ3n) is 2.34. The van der Waals surface area contributed by atoms with Crippen molar-refractivity contribution in [2.75, 3.05) is 37.8 Å². The van der Waals surface area contributed by atoms with Gasteiger partial charge in [-0.05, 0) is 51.7 Å². The molecule has 0 aliphatic rings. The fourth-order valence-electron chi connectivity index (χ4n) is 1.62. The number of amides is 1. The van der Waals surface area contributed by atoms with Gasteiger partial charge in [-0.25, -0.2) is 0 Å². The van der Waals surface area contributed by atoms with Crippen LogP contribution in [0.25, 0.3) is 0 Å². The summed E-state index contributed by atoms with van der Waals surface area (Å²) in [5.74, 6) is 0.00519. The van der Waals surface area contributed by atoms with Crippen LogP contribution < -0.4 is 10.6 Å². The second-order valence-corrected chi connectivity index (χ2v) is 4.35. The van der Waals surface area contributed by atoms with Gasteiger partial charge in [-0.1, -0.05) is 0 Å². The quantitative estimate of drug-likeness (QED) is 0.819. The summed E-state index contributed by atoms with van der Waals surface area (Å²) in [6, 6.07) is 5.88. The van der Waals surface area contributed by atoms with Crippen LogP contribution >= 0.6 is 0 Å². The van der Waals surface area contributed by atoms with Crippen molar-refractivity contribution < 1.29 is 4.79 Å². The number of hydrogen-bond acceptors (Lipinski definition) is 3. The van der Waals surface area contributed by atoms with Crippen LogP contribution in [-0.2, 0) is 4.79 Å². The minimum atomic E-state index is 0.00519. The van der Waals surface area contributed by atoms with Gasteiger partial charge in [-0.3, -0.25) is 4.79 Å². The lowest BCUT2D eigenvalue weighted by molar-refractivity contribution is -0.116. The van der Waals surface area contributed by atoms with E-state index < -0.39 is 0 Å². The molecule has 0 saturated heterocycles. The summed E-state index contributed by atoms with van der Waals surface area (Å²) < 4.78 is 0. The zero-order valence-corrected chi connectivity index (χ0v) is 11.0. The Morgan fingerprint density at radius 1 is 1.35 bits per heavy atom. The Morgan fingerprint density at radius 3 is 2.59 bits per heavy atom. The summed E-state index contributed by atoms with van der Waals surface area (Å²) in [6.07, 6.45) is 0. The van der Waals surface area contributed by atoms with Crippen LogP contribution in [0.2, 0.25) is 0 Å². The van der Waals surface area contributed by atoms with Crippen LogP contribution in [0.3, 0.4) is 0 Å². The first-order chi connectivity index (χ1) is 8.02. The topological polar surface area (TPSA) is 44.4 Å². The van der Waals surface area contributed by atoms with Gasteiger partial charge in [0.2, 0.25) is 5.91 Å². The average Bonchev–Trinajstić information content (AvgIpc) is 2.21. The first-order valence-corrected chi connectivity index (χ1v) is 5.82. The van der Waals surface area contributed by atoms with Crippen molar-refractivity contribution in [2.24, 2.45) is 0 Å². The van der Waals surface area contributed by atoms with Gasteiger partial charge in [-0.2, -0.15) is 0 Å². The molecule has 4 heteroatoms. The van der Waals surface area contributed by atoms with Gasteiger partial charge in [0.15, 0.2) is 0 Å². The van der Waals surface area contributed by atoms with Gasteiger partial charge < -0.3 is 15.5 Å². The van der Waals surface area contributed by atoms with Crippen LogP contribution in [0.4, 0.5) is 11.4 Å². The molecule has 0 bridgehead atoms. The predicted octanol–water partition coefficient (Wildman–Crippen LogP) is 1.93. The lowest BCUT2D eigenvalue weighted by Crippen LogP contribution is -2.27. The lowest BCUT2D eigenvalue weighted by Gasteiger charge is -2.12. The molecule has 1 aromatic carbocycles. The highest BCUT2D eigenvalue weighted by Gasteiger charge is 2.04. The van der Waals surface area contributed by atoms with Crippen LogP contribution in [0.1, 0.15) is 12.5 Å². The molecule has 0 spiro atoms. The molecule has 0 radical (unpaired) electrons. The van der Waals surface area contributed by atoms with Crippen LogP contribution in [0.5, 0.6) is 0 Å². The standard InChI is InChI=1S/C13H21N3O/c1-5-14-12-7-6-11(8-10(12)2)15-13(17)9-16(3)4/h6-8,14H,5,9H2,1-4H3,(H,15,17). The zero-order valence-electron chi connectivity index (χ0n) is 11.0. The highest BCUT2D eigenvalue weighted by molar-refractivity contribution is 5.92. The van der Waals surface area contributed by atoms with Gasteiger partial charge in [-0.15, -0.1) is 0 Å². The van der Waals surface area contributed by atoms with E-state index >= 15 is 0 Å². The molecule has 0 unspecified atom stereocenters. The second-order valence-electron chi connectivity index (χ2n) is 4.35. The van der Waals surface area contributed by atoms with Crippen molar-refractivity contribution in [3.05, 3.63) is 23.8 Å². The first-order valence-electron chi connectivity index (χ1n) is 5.82. The molecular formula is C13H21N3O. The summed E-state index contributed by atoms with van der Waals surface area (Å²) in [4.78, 5) is 13.4. The molecular weight excluding hydrogens is 214 g/mol. The van der Waals surface area contributed by atoms with Crippen molar-refractivity contribution in [2.45, 2.75) is 13.8 Å². The normalized spacial score (nSPS) is 10.4. The van der Waals surface area contributed by atoms with Gasteiger partial charge in [0.05, 0.1) is 6.54 Å². The van der Waals surface area contributed by atoms with Crippen LogP contribution in [0.15, 0.2) is 18.2 Å².